The first kappa shape index (κ1) is 8.26. The van der Waals surface area contributed by atoms with Crippen molar-refractivity contribution in [2.75, 3.05) is 0 Å². The largest absolute Gasteiger partial charge is 0.405 e. The molecule has 1 nitrogen and oxygen atoms in total. The molecule has 0 saturated heterocycles. The van der Waals surface area contributed by atoms with Crippen molar-refractivity contribution in [1.82, 2.24) is 0 Å². The van der Waals surface area contributed by atoms with Crippen molar-refractivity contribution in [3.63, 3.8) is 0 Å². The van der Waals surface area contributed by atoms with Crippen LogP contribution in [0.4, 0.5) is 0 Å². The van der Waals surface area contributed by atoms with Crippen LogP contribution < -0.4 is 4.74 Å². The molecule has 0 spiro atoms. The first-order valence-electron chi connectivity index (χ1n) is 2.86. The fourth-order valence-electron chi connectivity index (χ4n) is 0.602. The van der Waals surface area contributed by atoms with E-state index in [1.54, 1.807) is 18.2 Å². The highest BCUT2D eigenvalue weighted by atomic mass is 35.5. The van der Waals surface area contributed by atoms with Crippen LogP contribution >= 0.6 is 23.2 Å². The molecule has 0 radical (unpaired) electrons. The summed E-state index contributed by atoms with van der Waals surface area (Å²) in [6, 6.07) is 7.04. The van der Waals surface area contributed by atoms with Gasteiger partial charge >= 0.3 is 0 Å². The number of ether oxygens (including phenoxy) is 1. The van der Waals surface area contributed by atoms with E-state index in [-0.39, 0.29) is 0 Å². The first-order valence-corrected chi connectivity index (χ1v) is 3.62. The quantitative estimate of drug-likeness (QED) is 0.614. The van der Waals surface area contributed by atoms with E-state index in [0.717, 1.165) is 0 Å². The Balaban J connectivity index is 2.83. The first-order chi connectivity index (χ1) is 5.34. The van der Waals surface area contributed by atoms with Crippen molar-refractivity contribution in [1.29, 1.82) is 0 Å². The molecule has 0 aliphatic rings. The van der Waals surface area contributed by atoms with E-state index in [4.69, 9.17) is 27.9 Å². The summed E-state index contributed by atoms with van der Waals surface area (Å²) >= 11 is 10.8. The van der Waals surface area contributed by atoms with Crippen LogP contribution in [-0.4, -0.2) is 0 Å². The van der Waals surface area contributed by atoms with Gasteiger partial charge in [0, 0.05) is 5.38 Å². The van der Waals surface area contributed by atoms with Crippen LogP contribution in [0.1, 0.15) is 0 Å². The van der Waals surface area contributed by atoms with Crippen molar-refractivity contribution in [2.45, 2.75) is 0 Å². The maximum absolute atomic E-state index is 5.72. The Labute approximate surface area is 74.9 Å². The highest BCUT2D eigenvalue weighted by Crippen LogP contribution is 2.22. The molecule has 0 fully saturated rings. The summed E-state index contributed by atoms with van der Waals surface area (Å²) in [5.74, 6) is 0.516. The molecule has 0 aliphatic carbocycles. The van der Waals surface area contributed by atoms with E-state index < -0.39 is 0 Å². The van der Waals surface area contributed by atoms with Crippen molar-refractivity contribution in [2.24, 2.45) is 0 Å². The molecule has 1 rings (SSSR count). The van der Waals surface area contributed by atoms with Crippen LogP contribution in [0.15, 0.2) is 24.3 Å². The maximum Gasteiger partial charge on any atom is 0.158 e. The topological polar surface area (TPSA) is 9.23 Å². The molecule has 0 aromatic heterocycles. The van der Waals surface area contributed by atoms with Gasteiger partial charge in [0.2, 0.25) is 0 Å². The summed E-state index contributed by atoms with van der Waals surface area (Å²) in [5, 5.41) is 2.61. The average molecular weight is 187 g/mol. The minimum absolute atomic E-state index is 0.516. The van der Waals surface area contributed by atoms with Crippen LogP contribution in [0.25, 0.3) is 0 Å². The molecule has 56 valence electrons. The number of benzene rings is 1. The summed E-state index contributed by atoms with van der Waals surface area (Å²) in [7, 11) is 0. The lowest BCUT2D eigenvalue weighted by atomic mass is 10.3. The minimum Gasteiger partial charge on any atom is -0.405 e. The second-order valence-electron chi connectivity index (χ2n) is 1.73. The van der Waals surface area contributed by atoms with E-state index in [0.29, 0.717) is 10.8 Å². The van der Waals surface area contributed by atoms with Gasteiger partial charge in [0.1, 0.15) is 6.11 Å². The Morgan fingerprint density at radius 2 is 2.00 bits per heavy atom. The van der Waals surface area contributed by atoms with Crippen LogP contribution in [0, 0.1) is 11.5 Å². The Kier molecular flexibility index (Phi) is 3.10. The van der Waals surface area contributed by atoms with Crippen LogP contribution in [-0.2, 0) is 0 Å². The Bertz CT molecular complexity index is 298. The van der Waals surface area contributed by atoms with E-state index in [2.05, 4.69) is 11.5 Å². The highest BCUT2D eigenvalue weighted by molar-refractivity contribution is 6.32. The summed E-state index contributed by atoms with van der Waals surface area (Å²) in [6.07, 6.45) is 2.24. The minimum atomic E-state index is 0.516. The smallest absolute Gasteiger partial charge is 0.158 e. The van der Waals surface area contributed by atoms with Gasteiger partial charge < -0.3 is 4.74 Å². The van der Waals surface area contributed by atoms with Gasteiger partial charge in [0.15, 0.2) is 5.75 Å². The predicted octanol–water partition coefficient (Wildman–Crippen LogP) is 2.88. The van der Waals surface area contributed by atoms with Gasteiger partial charge in [-0.15, -0.1) is 0 Å². The molecule has 0 N–H and O–H groups in total. The van der Waals surface area contributed by atoms with Crippen molar-refractivity contribution < 1.29 is 4.74 Å². The fraction of sp³-hybridized carbons (Fsp3) is 0. The zero-order valence-corrected chi connectivity index (χ0v) is 6.99. The number of hydrogen-bond donors (Lipinski definition) is 0. The second kappa shape index (κ2) is 4.12. The third-order valence-electron chi connectivity index (χ3n) is 1.04. The molecule has 0 saturated carbocycles. The molecule has 0 aliphatic heterocycles. The van der Waals surface area contributed by atoms with Gasteiger partial charge in [0.25, 0.3) is 0 Å². The Hall–Kier alpha value is -0.840. The van der Waals surface area contributed by atoms with E-state index >= 15 is 0 Å². The van der Waals surface area contributed by atoms with Crippen LogP contribution in [0.5, 0.6) is 5.75 Å². The number of halogens is 2. The van der Waals surface area contributed by atoms with Crippen molar-refractivity contribution in [3.8, 4) is 17.2 Å². The zero-order chi connectivity index (χ0) is 8.10. The predicted molar refractivity (Wildman–Crippen MR) is 45.7 cm³/mol. The molecule has 1 aromatic rings. The van der Waals surface area contributed by atoms with Gasteiger partial charge in [-0.3, -0.25) is 0 Å². The number of rotatable bonds is 1. The molecule has 0 atom stereocenters. The SMILES string of the molecule is ClC#COc1ccccc1Cl. The lowest BCUT2D eigenvalue weighted by molar-refractivity contribution is 0.520. The summed E-state index contributed by atoms with van der Waals surface area (Å²) in [5.41, 5.74) is 0. The van der Waals surface area contributed by atoms with Gasteiger partial charge in [-0.25, -0.2) is 0 Å². The molecular formula is C8H4Cl2O. The van der Waals surface area contributed by atoms with Gasteiger partial charge in [-0.1, -0.05) is 23.7 Å². The van der Waals surface area contributed by atoms with E-state index in [1.165, 1.54) is 0 Å². The molecule has 0 bridgehead atoms. The number of para-hydroxylation sites is 1. The standard InChI is InChI=1S/C8H4Cl2O/c9-5-6-11-8-4-2-1-3-7(8)10/h1-4H. The van der Waals surface area contributed by atoms with E-state index in [1.807, 2.05) is 6.07 Å². The maximum atomic E-state index is 5.72. The zero-order valence-electron chi connectivity index (χ0n) is 5.47. The van der Waals surface area contributed by atoms with Crippen LogP contribution in [0.3, 0.4) is 0 Å². The lowest BCUT2D eigenvalue weighted by Gasteiger charge is -1.97. The van der Waals surface area contributed by atoms with Crippen molar-refractivity contribution >= 4 is 23.2 Å². The normalized spacial score (nSPS) is 8.18. The molecule has 0 heterocycles. The van der Waals surface area contributed by atoms with Gasteiger partial charge in [-0.05, 0) is 23.7 Å². The third kappa shape index (κ3) is 2.34. The Morgan fingerprint density at radius 1 is 1.27 bits per heavy atom. The highest BCUT2D eigenvalue weighted by Gasteiger charge is 1.95. The average Bonchev–Trinajstić information content (AvgIpc) is 2.03. The monoisotopic (exact) mass is 186 g/mol. The summed E-state index contributed by atoms with van der Waals surface area (Å²) < 4.78 is 4.86. The van der Waals surface area contributed by atoms with Crippen molar-refractivity contribution in [3.05, 3.63) is 29.3 Å². The molecule has 0 unspecified atom stereocenters. The Morgan fingerprint density at radius 3 is 2.64 bits per heavy atom. The second-order valence-corrected chi connectivity index (χ2v) is 2.33. The fourth-order valence-corrected chi connectivity index (χ4v) is 0.815. The molecule has 0 amide bonds. The lowest BCUT2D eigenvalue weighted by Crippen LogP contribution is -1.81. The van der Waals surface area contributed by atoms with Gasteiger partial charge in [-0.2, -0.15) is 0 Å². The molecule has 1 aromatic carbocycles. The van der Waals surface area contributed by atoms with Gasteiger partial charge in [0.05, 0.1) is 5.02 Å². The summed E-state index contributed by atoms with van der Waals surface area (Å²) in [6.45, 7) is 0. The molecular weight excluding hydrogens is 183 g/mol. The van der Waals surface area contributed by atoms with Crippen LogP contribution in [0.2, 0.25) is 5.02 Å². The number of hydrogen-bond acceptors (Lipinski definition) is 1. The molecule has 3 heteroatoms. The third-order valence-corrected chi connectivity index (χ3v) is 1.43. The summed E-state index contributed by atoms with van der Waals surface area (Å²) in [4.78, 5) is 0. The van der Waals surface area contributed by atoms with E-state index in [9.17, 15) is 0 Å². The molecule has 11 heavy (non-hydrogen) atoms.